The molecule has 1 unspecified atom stereocenters. The minimum atomic E-state index is 0.332. The highest BCUT2D eigenvalue weighted by molar-refractivity contribution is 5.83. The van der Waals surface area contributed by atoms with Gasteiger partial charge in [-0.1, -0.05) is 6.92 Å². The fourth-order valence-electron chi connectivity index (χ4n) is 3.12. The van der Waals surface area contributed by atoms with Crippen LogP contribution in [0.2, 0.25) is 0 Å². The van der Waals surface area contributed by atoms with Crippen molar-refractivity contribution >= 4 is 5.91 Å². The minimum absolute atomic E-state index is 0.332. The molecule has 0 aromatic heterocycles. The zero-order valence-electron chi connectivity index (χ0n) is 8.62. The van der Waals surface area contributed by atoms with Crippen LogP contribution in [0.1, 0.15) is 19.8 Å². The van der Waals surface area contributed by atoms with Gasteiger partial charge in [0.2, 0.25) is 5.91 Å². The van der Waals surface area contributed by atoms with E-state index >= 15 is 0 Å². The summed E-state index contributed by atoms with van der Waals surface area (Å²) in [6.07, 6.45) is 2.37. The summed E-state index contributed by atoms with van der Waals surface area (Å²) in [6.45, 7) is 4.37. The van der Waals surface area contributed by atoms with Gasteiger partial charge in [0.15, 0.2) is 0 Å². The lowest BCUT2D eigenvalue weighted by Crippen LogP contribution is -2.44. The molecular weight excluding hydrogens is 176 g/mol. The number of carbonyl (C=O) groups excluding carboxylic acids is 1. The van der Waals surface area contributed by atoms with Crippen molar-refractivity contribution in [3.8, 4) is 0 Å². The zero-order chi connectivity index (χ0) is 9.71. The molecule has 0 bridgehead atoms. The van der Waals surface area contributed by atoms with Gasteiger partial charge >= 0.3 is 0 Å². The monoisotopic (exact) mass is 194 g/mol. The van der Waals surface area contributed by atoms with E-state index in [-0.39, 0.29) is 0 Å². The quantitative estimate of drug-likeness (QED) is 0.666. The van der Waals surface area contributed by atoms with Gasteiger partial charge in [-0.25, -0.2) is 0 Å². The van der Waals surface area contributed by atoms with Gasteiger partial charge in [-0.05, 0) is 43.7 Å². The third kappa shape index (κ3) is 1.26. The summed E-state index contributed by atoms with van der Waals surface area (Å²) < 4.78 is 0. The van der Waals surface area contributed by atoms with E-state index in [0.29, 0.717) is 29.7 Å². The Morgan fingerprint density at radius 1 is 1.29 bits per heavy atom. The number of fused-ring (bicyclic) bond motifs is 1. The maximum atomic E-state index is 11.8. The number of rotatable bonds is 2. The molecule has 2 N–H and O–H groups in total. The molecule has 0 radical (unpaired) electrons. The number of piperidine rings is 1. The molecule has 3 nitrogen and oxygen atoms in total. The van der Waals surface area contributed by atoms with Crippen LogP contribution < -0.4 is 10.6 Å². The van der Waals surface area contributed by atoms with Crippen LogP contribution in [-0.4, -0.2) is 25.0 Å². The lowest BCUT2D eigenvalue weighted by molar-refractivity contribution is -0.124. The lowest BCUT2D eigenvalue weighted by Gasteiger charge is -2.33. The number of amides is 1. The van der Waals surface area contributed by atoms with Gasteiger partial charge < -0.3 is 10.6 Å². The molecular formula is C11H18N2O. The standard InChI is InChI=1S/C11H18N2O/c1-6-2-7(3-6)13-11(14)10-8-4-12-5-9(8)10/h6-10,12H,2-5H2,1H3,(H,13,14)/t6?,7?,8-,9+,10?. The van der Waals surface area contributed by atoms with Crippen LogP contribution in [-0.2, 0) is 4.79 Å². The van der Waals surface area contributed by atoms with Crippen molar-refractivity contribution in [1.82, 2.24) is 10.6 Å². The van der Waals surface area contributed by atoms with Crippen molar-refractivity contribution in [3.05, 3.63) is 0 Å². The molecule has 3 fully saturated rings. The molecule has 2 saturated carbocycles. The summed E-state index contributed by atoms with van der Waals surface area (Å²) >= 11 is 0. The van der Waals surface area contributed by atoms with Crippen LogP contribution in [0.3, 0.4) is 0 Å². The summed E-state index contributed by atoms with van der Waals surface area (Å²) in [7, 11) is 0. The van der Waals surface area contributed by atoms with Crippen LogP contribution >= 0.6 is 0 Å². The molecule has 0 aromatic rings. The minimum Gasteiger partial charge on any atom is -0.353 e. The first-order valence-electron chi connectivity index (χ1n) is 5.77. The highest BCUT2D eigenvalue weighted by Crippen LogP contribution is 2.48. The first kappa shape index (κ1) is 8.72. The van der Waals surface area contributed by atoms with Crippen molar-refractivity contribution < 1.29 is 4.79 Å². The van der Waals surface area contributed by atoms with E-state index in [1.165, 1.54) is 12.8 Å². The second kappa shape index (κ2) is 2.96. The van der Waals surface area contributed by atoms with Gasteiger partial charge in [0.05, 0.1) is 0 Å². The average Bonchev–Trinajstić information content (AvgIpc) is 2.58. The first-order valence-corrected chi connectivity index (χ1v) is 5.77. The Bertz CT molecular complexity index is 250. The van der Waals surface area contributed by atoms with Crippen molar-refractivity contribution in [3.63, 3.8) is 0 Å². The van der Waals surface area contributed by atoms with Crippen molar-refractivity contribution in [2.24, 2.45) is 23.7 Å². The Morgan fingerprint density at radius 2 is 1.93 bits per heavy atom. The molecule has 0 aromatic carbocycles. The second-order valence-electron chi connectivity index (χ2n) is 5.29. The Labute approximate surface area is 84.6 Å². The summed E-state index contributed by atoms with van der Waals surface area (Å²) in [5, 5.41) is 6.49. The summed E-state index contributed by atoms with van der Waals surface area (Å²) in [5.41, 5.74) is 0. The molecule has 3 atom stereocenters. The van der Waals surface area contributed by atoms with Gasteiger partial charge in [-0.15, -0.1) is 0 Å². The molecule has 3 rings (SSSR count). The Hall–Kier alpha value is -0.570. The number of nitrogens with one attached hydrogen (secondary N) is 2. The van der Waals surface area contributed by atoms with E-state index in [2.05, 4.69) is 17.6 Å². The Kier molecular flexibility index (Phi) is 1.84. The lowest BCUT2D eigenvalue weighted by atomic mass is 9.82. The molecule has 3 heteroatoms. The van der Waals surface area contributed by atoms with Crippen LogP contribution in [0, 0.1) is 23.7 Å². The topological polar surface area (TPSA) is 41.1 Å². The highest BCUT2D eigenvalue weighted by atomic mass is 16.2. The first-order chi connectivity index (χ1) is 6.75. The Morgan fingerprint density at radius 3 is 2.50 bits per heavy atom. The molecule has 0 spiro atoms. The Balaban J connectivity index is 1.48. The highest BCUT2D eigenvalue weighted by Gasteiger charge is 2.57. The molecule has 3 aliphatic rings. The van der Waals surface area contributed by atoms with Crippen molar-refractivity contribution in [2.75, 3.05) is 13.1 Å². The smallest absolute Gasteiger partial charge is 0.224 e. The summed E-state index contributed by atoms with van der Waals surface area (Å²) in [4.78, 5) is 11.8. The fourth-order valence-corrected chi connectivity index (χ4v) is 3.12. The van der Waals surface area contributed by atoms with E-state index < -0.39 is 0 Å². The SMILES string of the molecule is CC1CC(NC(=O)C2[C@H]3CNC[C@@H]23)C1. The second-order valence-corrected chi connectivity index (χ2v) is 5.29. The van der Waals surface area contributed by atoms with E-state index in [9.17, 15) is 4.79 Å². The molecule has 1 heterocycles. The van der Waals surface area contributed by atoms with Crippen LogP contribution in [0.15, 0.2) is 0 Å². The van der Waals surface area contributed by atoms with Gasteiger partial charge in [-0.3, -0.25) is 4.79 Å². The van der Waals surface area contributed by atoms with E-state index in [4.69, 9.17) is 0 Å². The van der Waals surface area contributed by atoms with Crippen LogP contribution in [0.5, 0.6) is 0 Å². The average molecular weight is 194 g/mol. The predicted octanol–water partition coefficient (Wildman–Crippen LogP) is 0.366. The third-order valence-electron chi connectivity index (χ3n) is 4.11. The molecule has 78 valence electrons. The van der Waals surface area contributed by atoms with Gasteiger partial charge in [0.1, 0.15) is 0 Å². The van der Waals surface area contributed by atoms with Crippen molar-refractivity contribution in [2.45, 2.75) is 25.8 Å². The van der Waals surface area contributed by atoms with Gasteiger partial charge in [-0.2, -0.15) is 0 Å². The van der Waals surface area contributed by atoms with Crippen molar-refractivity contribution in [1.29, 1.82) is 0 Å². The molecule has 2 aliphatic carbocycles. The van der Waals surface area contributed by atoms with E-state index in [1.54, 1.807) is 0 Å². The largest absolute Gasteiger partial charge is 0.353 e. The van der Waals surface area contributed by atoms with E-state index in [0.717, 1.165) is 19.0 Å². The molecule has 1 amide bonds. The van der Waals surface area contributed by atoms with Crippen LogP contribution in [0.25, 0.3) is 0 Å². The van der Waals surface area contributed by atoms with Crippen LogP contribution in [0.4, 0.5) is 0 Å². The zero-order valence-corrected chi connectivity index (χ0v) is 8.62. The van der Waals surface area contributed by atoms with Gasteiger partial charge in [0.25, 0.3) is 0 Å². The summed E-state index contributed by atoms with van der Waals surface area (Å²) in [6, 6.07) is 0.492. The molecule has 14 heavy (non-hydrogen) atoms. The molecule has 1 saturated heterocycles. The predicted molar refractivity (Wildman–Crippen MR) is 53.7 cm³/mol. The third-order valence-corrected chi connectivity index (χ3v) is 4.11. The number of carbonyl (C=O) groups is 1. The van der Waals surface area contributed by atoms with E-state index in [1.807, 2.05) is 0 Å². The maximum Gasteiger partial charge on any atom is 0.224 e. The molecule has 1 aliphatic heterocycles. The fraction of sp³-hybridized carbons (Fsp3) is 0.909. The summed E-state index contributed by atoms with van der Waals surface area (Å²) in [5.74, 6) is 2.83. The maximum absolute atomic E-state index is 11.8. The number of hydrogen-bond donors (Lipinski definition) is 2. The van der Waals surface area contributed by atoms with Gasteiger partial charge in [0, 0.05) is 12.0 Å². The number of hydrogen-bond acceptors (Lipinski definition) is 2. The normalized spacial score (nSPS) is 49.4.